The van der Waals surface area contributed by atoms with Crippen molar-refractivity contribution in [3.8, 4) is 17.5 Å². The van der Waals surface area contributed by atoms with E-state index >= 15 is 0 Å². The van der Waals surface area contributed by atoms with Gasteiger partial charge in [0, 0.05) is 19.2 Å². The zero-order valence-corrected chi connectivity index (χ0v) is 14.5. The Hall–Kier alpha value is -1.90. The number of nitrogens with zero attached hydrogens (tertiary/aromatic N) is 3. The van der Waals surface area contributed by atoms with Crippen molar-refractivity contribution in [3.05, 3.63) is 46.5 Å². The fraction of sp³-hybridized carbons (Fsp3) is 0.294. The first-order chi connectivity index (χ1) is 11.1. The minimum absolute atomic E-state index is 0.0874. The van der Waals surface area contributed by atoms with Gasteiger partial charge in [0.15, 0.2) is 0 Å². The molecule has 4 nitrogen and oxygen atoms in total. The standard InChI is InChI=1S/C17H16ClN3OS/c1-20-10-15-13(7-3-4-9-23-2)19-11-21(15)14-8-5-6-12(18)16(14)17(20)22/h5-6,8,11H,4,9-10H2,1-2H3. The molecular weight excluding hydrogens is 330 g/mol. The second-order valence-electron chi connectivity index (χ2n) is 5.25. The first kappa shape index (κ1) is 16.0. The molecule has 0 unspecified atom stereocenters. The molecule has 0 spiro atoms. The Kier molecular flexibility index (Phi) is 4.65. The number of carbonyl (C=O) groups is 1. The Morgan fingerprint density at radius 2 is 2.26 bits per heavy atom. The highest BCUT2D eigenvalue weighted by atomic mass is 35.5. The second-order valence-corrected chi connectivity index (χ2v) is 6.64. The highest BCUT2D eigenvalue weighted by Gasteiger charge is 2.27. The fourth-order valence-electron chi connectivity index (χ4n) is 2.55. The van der Waals surface area contributed by atoms with Gasteiger partial charge in [-0.05, 0) is 24.3 Å². The molecule has 6 heteroatoms. The van der Waals surface area contributed by atoms with E-state index in [-0.39, 0.29) is 5.91 Å². The van der Waals surface area contributed by atoms with Crippen LogP contribution in [0.1, 0.15) is 28.2 Å². The molecule has 3 rings (SSSR count). The van der Waals surface area contributed by atoms with E-state index in [9.17, 15) is 4.79 Å². The molecule has 0 radical (unpaired) electrons. The van der Waals surface area contributed by atoms with Crippen LogP contribution in [0.4, 0.5) is 0 Å². The molecule has 1 amide bonds. The molecular formula is C17H16ClN3OS. The number of hydrogen-bond acceptors (Lipinski definition) is 3. The minimum Gasteiger partial charge on any atom is -0.336 e. The molecule has 2 aromatic rings. The highest BCUT2D eigenvalue weighted by Crippen LogP contribution is 2.30. The van der Waals surface area contributed by atoms with E-state index in [0.29, 0.717) is 17.1 Å². The van der Waals surface area contributed by atoms with Crippen LogP contribution < -0.4 is 0 Å². The number of rotatable bonds is 2. The lowest BCUT2D eigenvalue weighted by molar-refractivity contribution is 0.0788. The van der Waals surface area contributed by atoms with Crippen LogP contribution in [0.25, 0.3) is 5.69 Å². The van der Waals surface area contributed by atoms with E-state index in [0.717, 1.165) is 29.2 Å². The van der Waals surface area contributed by atoms with Crippen molar-refractivity contribution in [1.82, 2.24) is 14.5 Å². The van der Waals surface area contributed by atoms with Crippen LogP contribution in [0.15, 0.2) is 24.5 Å². The van der Waals surface area contributed by atoms with Crippen molar-refractivity contribution in [1.29, 1.82) is 0 Å². The van der Waals surface area contributed by atoms with Crippen LogP contribution in [0, 0.1) is 11.8 Å². The average molecular weight is 346 g/mol. The lowest BCUT2D eigenvalue weighted by atomic mass is 10.1. The predicted octanol–water partition coefficient (Wildman–Crippen LogP) is 3.22. The number of imidazole rings is 1. The summed E-state index contributed by atoms with van der Waals surface area (Å²) in [7, 11) is 1.77. The van der Waals surface area contributed by atoms with Gasteiger partial charge >= 0.3 is 0 Å². The molecule has 0 saturated carbocycles. The average Bonchev–Trinajstić information content (AvgIpc) is 2.88. The van der Waals surface area contributed by atoms with Gasteiger partial charge in [0.1, 0.15) is 12.0 Å². The first-order valence-electron chi connectivity index (χ1n) is 7.22. The maximum Gasteiger partial charge on any atom is 0.257 e. The topological polar surface area (TPSA) is 38.1 Å². The van der Waals surface area contributed by atoms with Crippen molar-refractivity contribution in [2.75, 3.05) is 19.1 Å². The van der Waals surface area contributed by atoms with Gasteiger partial charge in [-0.1, -0.05) is 23.6 Å². The zero-order valence-electron chi connectivity index (χ0n) is 13.0. The summed E-state index contributed by atoms with van der Waals surface area (Å²) in [4.78, 5) is 18.7. The molecule has 0 N–H and O–H groups in total. The third-order valence-corrected chi connectivity index (χ3v) is 4.63. The number of hydrogen-bond donors (Lipinski definition) is 0. The van der Waals surface area contributed by atoms with E-state index < -0.39 is 0 Å². The van der Waals surface area contributed by atoms with Crippen molar-refractivity contribution in [3.63, 3.8) is 0 Å². The zero-order chi connectivity index (χ0) is 16.4. The molecule has 2 heterocycles. The Bertz CT molecular complexity index is 819. The van der Waals surface area contributed by atoms with Crippen molar-refractivity contribution in [2.24, 2.45) is 0 Å². The lowest BCUT2D eigenvalue weighted by Crippen LogP contribution is -2.25. The van der Waals surface area contributed by atoms with Crippen LogP contribution in [0.2, 0.25) is 5.02 Å². The van der Waals surface area contributed by atoms with Crippen molar-refractivity contribution in [2.45, 2.75) is 13.0 Å². The van der Waals surface area contributed by atoms with Crippen molar-refractivity contribution < 1.29 is 4.79 Å². The number of fused-ring (bicyclic) bond motifs is 3. The van der Waals surface area contributed by atoms with Crippen molar-refractivity contribution >= 4 is 29.3 Å². The molecule has 23 heavy (non-hydrogen) atoms. The van der Waals surface area contributed by atoms with Crippen LogP contribution >= 0.6 is 23.4 Å². The normalized spacial score (nSPS) is 13.0. The molecule has 0 aliphatic carbocycles. The third-order valence-electron chi connectivity index (χ3n) is 3.70. The molecule has 0 fully saturated rings. The number of benzene rings is 1. The van der Waals surface area contributed by atoms with Gasteiger partial charge in [-0.2, -0.15) is 11.8 Å². The molecule has 0 saturated heterocycles. The molecule has 0 atom stereocenters. The molecule has 1 aromatic carbocycles. The summed E-state index contributed by atoms with van der Waals surface area (Å²) in [5, 5.41) is 0.452. The largest absolute Gasteiger partial charge is 0.336 e. The van der Waals surface area contributed by atoms with E-state index in [2.05, 4.69) is 23.1 Å². The predicted molar refractivity (Wildman–Crippen MR) is 94.2 cm³/mol. The van der Waals surface area contributed by atoms with Gasteiger partial charge in [0.2, 0.25) is 0 Å². The van der Waals surface area contributed by atoms with Gasteiger partial charge in [-0.15, -0.1) is 0 Å². The summed E-state index contributed by atoms with van der Waals surface area (Å²) in [6, 6.07) is 5.46. The summed E-state index contributed by atoms with van der Waals surface area (Å²) < 4.78 is 1.92. The van der Waals surface area contributed by atoms with E-state index in [1.54, 1.807) is 36.1 Å². The van der Waals surface area contributed by atoms with Gasteiger partial charge in [-0.25, -0.2) is 4.98 Å². The molecule has 1 aliphatic heterocycles. The first-order valence-corrected chi connectivity index (χ1v) is 8.99. The SMILES string of the molecule is CSCCC#Cc1ncn2c1CN(C)C(=O)c1c(Cl)cccc1-2. The second kappa shape index (κ2) is 6.69. The Labute approximate surface area is 144 Å². The number of carbonyl (C=O) groups excluding carboxylic acids is 1. The molecule has 0 bridgehead atoms. The monoisotopic (exact) mass is 345 g/mol. The fourth-order valence-corrected chi connectivity index (χ4v) is 3.11. The highest BCUT2D eigenvalue weighted by molar-refractivity contribution is 7.98. The van der Waals surface area contributed by atoms with Crippen LogP contribution in [-0.4, -0.2) is 39.4 Å². The summed E-state index contributed by atoms with van der Waals surface area (Å²) in [6.07, 6.45) is 4.60. The van der Waals surface area contributed by atoms with Gasteiger partial charge < -0.3 is 4.90 Å². The number of amides is 1. The van der Waals surface area contributed by atoms with Crippen LogP contribution in [0.3, 0.4) is 0 Å². The number of aromatic nitrogens is 2. The number of halogens is 1. The van der Waals surface area contributed by atoms with E-state index in [1.165, 1.54) is 0 Å². The van der Waals surface area contributed by atoms with Gasteiger partial charge in [-0.3, -0.25) is 9.36 Å². The summed E-state index contributed by atoms with van der Waals surface area (Å²) in [5.41, 5.74) is 2.90. The number of thioether (sulfide) groups is 1. The smallest absolute Gasteiger partial charge is 0.257 e. The summed E-state index contributed by atoms with van der Waals surface area (Å²) >= 11 is 8.02. The van der Waals surface area contributed by atoms with Crippen LogP contribution in [-0.2, 0) is 6.54 Å². The third kappa shape index (κ3) is 2.97. The van der Waals surface area contributed by atoms with Gasteiger partial charge in [0.05, 0.1) is 28.5 Å². The summed E-state index contributed by atoms with van der Waals surface area (Å²) in [5.74, 6) is 7.19. The Balaban J connectivity index is 2.10. The molecule has 1 aromatic heterocycles. The Morgan fingerprint density at radius 1 is 1.43 bits per heavy atom. The lowest BCUT2D eigenvalue weighted by Gasteiger charge is -2.14. The van der Waals surface area contributed by atoms with Crippen LogP contribution in [0.5, 0.6) is 0 Å². The quantitative estimate of drug-likeness (QED) is 0.619. The molecule has 1 aliphatic rings. The Morgan fingerprint density at radius 3 is 3.04 bits per heavy atom. The maximum atomic E-state index is 12.6. The maximum absolute atomic E-state index is 12.6. The minimum atomic E-state index is -0.0874. The summed E-state index contributed by atoms with van der Waals surface area (Å²) in [6.45, 7) is 0.455. The van der Waals surface area contributed by atoms with E-state index in [4.69, 9.17) is 11.6 Å². The van der Waals surface area contributed by atoms with Gasteiger partial charge in [0.25, 0.3) is 5.91 Å². The molecule has 118 valence electrons. The van der Waals surface area contributed by atoms with E-state index in [1.807, 2.05) is 16.7 Å².